The number of hydrogen-bond donors (Lipinski definition) is 1. The molecule has 0 unspecified atom stereocenters. The van der Waals surface area contributed by atoms with Crippen LogP contribution in [0.2, 0.25) is 5.02 Å². The van der Waals surface area contributed by atoms with Crippen molar-refractivity contribution in [2.24, 2.45) is 0 Å². The monoisotopic (exact) mass is 279 g/mol. The molecule has 0 radical (unpaired) electrons. The lowest BCUT2D eigenvalue weighted by Gasteiger charge is -2.10. The van der Waals surface area contributed by atoms with Gasteiger partial charge in [-0.3, -0.25) is 4.79 Å². The molecular formula is C14H11ClFNO2. The molecule has 0 heterocycles. The van der Waals surface area contributed by atoms with Crippen molar-refractivity contribution in [1.82, 2.24) is 0 Å². The molecule has 98 valence electrons. The van der Waals surface area contributed by atoms with Gasteiger partial charge in [-0.25, -0.2) is 4.39 Å². The van der Waals surface area contributed by atoms with Crippen LogP contribution in [0.3, 0.4) is 0 Å². The smallest absolute Gasteiger partial charge is 0.257 e. The number of rotatable bonds is 3. The average Bonchev–Trinajstić information content (AvgIpc) is 2.39. The van der Waals surface area contributed by atoms with Crippen LogP contribution < -0.4 is 10.1 Å². The van der Waals surface area contributed by atoms with E-state index in [0.717, 1.165) is 6.07 Å². The maximum Gasteiger partial charge on any atom is 0.257 e. The number of hydrogen-bond acceptors (Lipinski definition) is 2. The van der Waals surface area contributed by atoms with E-state index in [4.69, 9.17) is 16.3 Å². The molecule has 0 aliphatic heterocycles. The summed E-state index contributed by atoms with van der Waals surface area (Å²) < 4.78 is 18.0. The minimum atomic E-state index is -0.487. The van der Waals surface area contributed by atoms with E-state index in [2.05, 4.69) is 5.32 Å². The van der Waals surface area contributed by atoms with Crippen molar-refractivity contribution in [1.29, 1.82) is 0 Å². The molecule has 0 saturated heterocycles. The lowest BCUT2D eigenvalue weighted by Crippen LogP contribution is -2.13. The molecule has 0 aromatic heterocycles. The number of benzene rings is 2. The maximum absolute atomic E-state index is 12.9. The second-order valence-corrected chi connectivity index (χ2v) is 4.19. The van der Waals surface area contributed by atoms with E-state index in [1.54, 1.807) is 24.3 Å². The lowest BCUT2D eigenvalue weighted by atomic mass is 10.2. The van der Waals surface area contributed by atoms with Gasteiger partial charge in [-0.15, -0.1) is 0 Å². The Kier molecular flexibility index (Phi) is 4.02. The number of para-hydroxylation sites is 2. The Bertz CT molecular complexity index is 616. The van der Waals surface area contributed by atoms with Crippen molar-refractivity contribution in [2.75, 3.05) is 12.4 Å². The predicted octanol–water partition coefficient (Wildman–Crippen LogP) is 3.74. The summed E-state index contributed by atoms with van der Waals surface area (Å²) in [5.41, 5.74) is 0.726. The Morgan fingerprint density at radius 1 is 1.26 bits per heavy atom. The molecule has 2 aromatic rings. The van der Waals surface area contributed by atoms with E-state index in [0.29, 0.717) is 11.4 Å². The standard InChI is InChI=1S/C14H11ClFNO2/c1-19-13-5-3-2-4-12(13)17-14(18)10-7-6-9(16)8-11(10)15/h2-8H,1H3,(H,17,18). The Balaban J connectivity index is 2.26. The molecule has 0 fully saturated rings. The van der Waals surface area contributed by atoms with E-state index < -0.39 is 11.7 Å². The number of anilines is 1. The molecular weight excluding hydrogens is 269 g/mol. The number of methoxy groups -OCH3 is 1. The van der Waals surface area contributed by atoms with Crippen LogP contribution in [0.1, 0.15) is 10.4 Å². The van der Waals surface area contributed by atoms with E-state index in [9.17, 15) is 9.18 Å². The number of halogens is 2. The van der Waals surface area contributed by atoms with Crippen molar-refractivity contribution in [3.63, 3.8) is 0 Å². The van der Waals surface area contributed by atoms with Gasteiger partial charge in [0, 0.05) is 0 Å². The van der Waals surface area contributed by atoms with E-state index in [-0.39, 0.29) is 10.6 Å². The zero-order valence-corrected chi connectivity index (χ0v) is 10.9. The topological polar surface area (TPSA) is 38.3 Å². The first-order valence-corrected chi connectivity index (χ1v) is 5.89. The summed E-state index contributed by atoms with van der Waals surface area (Å²) in [6.07, 6.45) is 0. The van der Waals surface area contributed by atoms with Crippen LogP contribution in [0.15, 0.2) is 42.5 Å². The lowest BCUT2D eigenvalue weighted by molar-refractivity contribution is 0.102. The van der Waals surface area contributed by atoms with Crippen molar-refractivity contribution in [3.8, 4) is 5.75 Å². The third-order valence-electron chi connectivity index (χ3n) is 2.53. The van der Waals surface area contributed by atoms with Gasteiger partial charge in [0.25, 0.3) is 5.91 Å². The van der Waals surface area contributed by atoms with Crippen LogP contribution in [0.25, 0.3) is 0 Å². The van der Waals surface area contributed by atoms with Crippen LogP contribution in [0.5, 0.6) is 5.75 Å². The molecule has 1 amide bonds. The van der Waals surface area contributed by atoms with Gasteiger partial charge in [-0.2, -0.15) is 0 Å². The van der Waals surface area contributed by atoms with Gasteiger partial charge in [0.1, 0.15) is 11.6 Å². The SMILES string of the molecule is COc1ccccc1NC(=O)c1ccc(F)cc1Cl. The van der Waals surface area contributed by atoms with E-state index >= 15 is 0 Å². The number of carbonyl (C=O) groups excluding carboxylic acids is 1. The molecule has 0 spiro atoms. The second kappa shape index (κ2) is 5.71. The highest BCUT2D eigenvalue weighted by molar-refractivity contribution is 6.34. The first-order chi connectivity index (χ1) is 9.11. The van der Waals surface area contributed by atoms with Crippen LogP contribution in [-0.4, -0.2) is 13.0 Å². The Morgan fingerprint density at radius 3 is 2.68 bits per heavy atom. The fourth-order valence-corrected chi connectivity index (χ4v) is 1.86. The molecule has 2 aromatic carbocycles. The van der Waals surface area contributed by atoms with Gasteiger partial charge in [-0.05, 0) is 30.3 Å². The Hall–Kier alpha value is -2.07. The van der Waals surface area contributed by atoms with Gasteiger partial charge in [0.15, 0.2) is 0 Å². The van der Waals surface area contributed by atoms with Gasteiger partial charge in [0.05, 0.1) is 23.4 Å². The van der Waals surface area contributed by atoms with Crippen molar-refractivity contribution >= 4 is 23.2 Å². The minimum absolute atomic E-state index is 0.0624. The Labute approximate surface area is 115 Å². The molecule has 0 saturated carbocycles. The van der Waals surface area contributed by atoms with Gasteiger partial charge < -0.3 is 10.1 Å². The molecule has 5 heteroatoms. The molecule has 1 N–H and O–H groups in total. The molecule has 0 bridgehead atoms. The summed E-state index contributed by atoms with van der Waals surface area (Å²) in [6, 6.07) is 10.6. The Morgan fingerprint density at radius 2 is 2.00 bits per heavy atom. The van der Waals surface area contributed by atoms with Crippen molar-refractivity contribution in [2.45, 2.75) is 0 Å². The van der Waals surface area contributed by atoms with Crippen LogP contribution >= 0.6 is 11.6 Å². The zero-order valence-electron chi connectivity index (χ0n) is 10.1. The number of nitrogens with one attached hydrogen (secondary N) is 1. The number of amides is 1. The third kappa shape index (κ3) is 3.03. The predicted molar refractivity (Wildman–Crippen MR) is 72.4 cm³/mol. The first-order valence-electron chi connectivity index (χ1n) is 5.51. The first kappa shape index (κ1) is 13.4. The fraction of sp³-hybridized carbons (Fsp3) is 0.0714. The largest absolute Gasteiger partial charge is 0.495 e. The van der Waals surface area contributed by atoms with Crippen LogP contribution in [0, 0.1) is 5.82 Å². The van der Waals surface area contributed by atoms with E-state index in [1.807, 2.05) is 0 Å². The molecule has 2 rings (SSSR count). The molecule has 0 aliphatic rings. The summed E-state index contributed by atoms with van der Waals surface area (Å²) in [4.78, 5) is 12.0. The van der Waals surface area contributed by atoms with Crippen LogP contribution in [-0.2, 0) is 0 Å². The molecule has 19 heavy (non-hydrogen) atoms. The second-order valence-electron chi connectivity index (χ2n) is 3.78. The fourth-order valence-electron chi connectivity index (χ4n) is 1.61. The van der Waals surface area contributed by atoms with Gasteiger partial charge >= 0.3 is 0 Å². The van der Waals surface area contributed by atoms with Gasteiger partial charge in [0.2, 0.25) is 0 Å². The highest BCUT2D eigenvalue weighted by Gasteiger charge is 2.13. The molecule has 0 aliphatic carbocycles. The summed E-state index contributed by atoms with van der Waals surface area (Å²) in [5.74, 6) is -0.373. The number of ether oxygens (including phenoxy) is 1. The van der Waals surface area contributed by atoms with Gasteiger partial charge in [-0.1, -0.05) is 23.7 Å². The summed E-state index contributed by atoms with van der Waals surface area (Å²) in [5, 5.41) is 2.73. The highest BCUT2D eigenvalue weighted by atomic mass is 35.5. The average molecular weight is 280 g/mol. The third-order valence-corrected chi connectivity index (χ3v) is 2.84. The zero-order chi connectivity index (χ0) is 13.8. The molecule has 3 nitrogen and oxygen atoms in total. The van der Waals surface area contributed by atoms with E-state index in [1.165, 1.54) is 19.2 Å². The molecule has 0 atom stereocenters. The quantitative estimate of drug-likeness (QED) is 0.929. The van der Waals surface area contributed by atoms with Crippen molar-refractivity contribution in [3.05, 3.63) is 58.9 Å². The van der Waals surface area contributed by atoms with Crippen LogP contribution in [0.4, 0.5) is 10.1 Å². The normalized spacial score (nSPS) is 10.1. The van der Waals surface area contributed by atoms with Crippen molar-refractivity contribution < 1.29 is 13.9 Å². The maximum atomic E-state index is 12.9. The summed E-state index contributed by atoms with van der Waals surface area (Å²) in [6.45, 7) is 0. The summed E-state index contributed by atoms with van der Waals surface area (Å²) >= 11 is 5.83. The number of carbonyl (C=O) groups is 1. The highest BCUT2D eigenvalue weighted by Crippen LogP contribution is 2.25. The minimum Gasteiger partial charge on any atom is -0.495 e. The summed E-state index contributed by atoms with van der Waals surface area (Å²) in [7, 11) is 1.51.